The zero-order valence-corrected chi connectivity index (χ0v) is 12.5. The fourth-order valence-corrected chi connectivity index (χ4v) is 2.08. The summed E-state index contributed by atoms with van der Waals surface area (Å²) < 4.78 is 32.1. The van der Waals surface area contributed by atoms with Crippen LogP contribution < -0.4 is 10.1 Å². The van der Waals surface area contributed by atoms with E-state index in [4.69, 9.17) is 4.74 Å². The summed E-state index contributed by atoms with van der Waals surface area (Å²) in [6.45, 7) is 0.287. The third kappa shape index (κ3) is 4.26. The summed E-state index contributed by atoms with van der Waals surface area (Å²) in [5.41, 5.74) is 0.195. The number of hydrogen-bond acceptors (Lipinski definition) is 2. The van der Waals surface area contributed by atoms with Crippen LogP contribution in [0.25, 0.3) is 0 Å². The minimum absolute atomic E-state index is 0.111. The molecule has 2 aromatic rings. The molecule has 6 heteroatoms. The van der Waals surface area contributed by atoms with Crippen molar-refractivity contribution in [3.05, 3.63) is 64.1 Å². The quantitative estimate of drug-likeness (QED) is 0.833. The normalized spacial score (nSPS) is 10.2. The van der Waals surface area contributed by atoms with Gasteiger partial charge in [-0.15, -0.1) is 0 Å². The molecule has 0 saturated heterocycles. The Morgan fingerprint density at radius 2 is 1.95 bits per heavy atom. The van der Waals surface area contributed by atoms with Crippen LogP contribution >= 0.6 is 15.9 Å². The molecule has 0 fully saturated rings. The van der Waals surface area contributed by atoms with E-state index in [2.05, 4.69) is 21.2 Å². The molecule has 0 unspecified atom stereocenters. The summed E-state index contributed by atoms with van der Waals surface area (Å²) in [7, 11) is 0. The highest BCUT2D eigenvalue weighted by atomic mass is 79.9. The van der Waals surface area contributed by atoms with E-state index in [-0.39, 0.29) is 24.5 Å². The standard InChI is InChI=1S/C15H12BrF2NO2/c16-12-6-5-10(17)9-11(12)15(20)19-7-8-21-14-4-2-1-3-13(14)18/h1-6,9H,7-8H2,(H,19,20). The first-order valence-electron chi connectivity index (χ1n) is 6.18. The van der Waals surface area contributed by atoms with Crippen LogP contribution in [0, 0.1) is 11.6 Å². The van der Waals surface area contributed by atoms with Crippen molar-refractivity contribution in [2.45, 2.75) is 0 Å². The van der Waals surface area contributed by atoms with Crippen molar-refractivity contribution in [2.75, 3.05) is 13.2 Å². The average Bonchev–Trinajstić information content (AvgIpc) is 2.47. The summed E-state index contributed by atoms with van der Waals surface area (Å²) in [5.74, 6) is -1.26. The van der Waals surface area contributed by atoms with Gasteiger partial charge in [-0.2, -0.15) is 0 Å². The van der Waals surface area contributed by atoms with Crippen molar-refractivity contribution >= 4 is 21.8 Å². The molecule has 0 aliphatic carbocycles. The molecule has 0 bridgehead atoms. The van der Waals surface area contributed by atoms with E-state index in [0.29, 0.717) is 4.47 Å². The van der Waals surface area contributed by atoms with Gasteiger partial charge in [-0.3, -0.25) is 4.79 Å². The zero-order chi connectivity index (χ0) is 15.2. The van der Waals surface area contributed by atoms with E-state index in [9.17, 15) is 13.6 Å². The predicted octanol–water partition coefficient (Wildman–Crippen LogP) is 3.54. The molecule has 21 heavy (non-hydrogen) atoms. The molecule has 0 atom stereocenters. The van der Waals surface area contributed by atoms with Crippen molar-refractivity contribution in [1.82, 2.24) is 5.32 Å². The second-order valence-electron chi connectivity index (χ2n) is 4.16. The molecule has 2 rings (SSSR count). The van der Waals surface area contributed by atoms with E-state index in [1.807, 2.05) is 0 Å². The first-order valence-corrected chi connectivity index (χ1v) is 6.98. The minimum Gasteiger partial charge on any atom is -0.489 e. The maximum Gasteiger partial charge on any atom is 0.252 e. The van der Waals surface area contributed by atoms with E-state index in [1.165, 1.54) is 24.3 Å². The van der Waals surface area contributed by atoms with Gasteiger partial charge in [-0.25, -0.2) is 8.78 Å². The molecule has 1 N–H and O–H groups in total. The molecule has 3 nitrogen and oxygen atoms in total. The molecule has 0 aliphatic heterocycles. The first kappa shape index (κ1) is 15.4. The Kier molecular flexibility index (Phi) is 5.27. The van der Waals surface area contributed by atoms with E-state index in [1.54, 1.807) is 12.1 Å². The Balaban J connectivity index is 1.85. The summed E-state index contributed by atoms with van der Waals surface area (Å²) >= 11 is 3.18. The van der Waals surface area contributed by atoms with Crippen LogP contribution in [0.4, 0.5) is 8.78 Å². The van der Waals surface area contributed by atoms with Crippen LogP contribution in [-0.4, -0.2) is 19.1 Å². The fraction of sp³-hybridized carbons (Fsp3) is 0.133. The number of hydrogen-bond donors (Lipinski definition) is 1. The van der Waals surface area contributed by atoms with Crippen molar-refractivity contribution in [2.24, 2.45) is 0 Å². The lowest BCUT2D eigenvalue weighted by Gasteiger charge is -2.09. The molecule has 0 radical (unpaired) electrons. The van der Waals surface area contributed by atoms with Gasteiger partial charge in [0, 0.05) is 4.47 Å². The molecular weight excluding hydrogens is 344 g/mol. The Hall–Kier alpha value is -1.95. The molecule has 0 aromatic heterocycles. The topological polar surface area (TPSA) is 38.3 Å². The van der Waals surface area contributed by atoms with Gasteiger partial charge in [0.15, 0.2) is 11.6 Å². The number of nitrogens with one attached hydrogen (secondary N) is 1. The fourth-order valence-electron chi connectivity index (χ4n) is 1.65. The molecular formula is C15H12BrF2NO2. The third-order valence-corrected chi connectivity index (χ3v) is 3.35. The highest BCUT2D eigenvalue weighted by molar-refractivity contribution is 9.10. The van der Waals surface area contributed by atoms with E-state index < -0.39 is 17.5 Å². The van der Waals surface area contributed by atoms with Crippen molar-refractivity contribution in [1.29, 1.82) is 0 Å². The van der Waals surface area contributed by atoms with Gasteiger partial charge >= 0.3 is 0 Å². The summed E-state index contributed by atoms with van der Waals surface area (Å²) in [6, 6.07) is 9.85. The van der Waals surface area contributed by atoms with Crippen molar-refractivity contribution < 1.29 is 18.3 Å². The number of rotatable bonds is 5. The number of benzene rings is 2. The number of para-hydroxylation sites is 1. The van der Waals surface area contributed by atoms with Gasteiger partial charge in [0.2, 0.25) is 0 Å². The van der Waals surface area contributed by atoms with Gasteiger partial charge < -0.3 is 10.1 Å². The smallest absolute Gasteiger partial charge is 0.252 e. The first-order chi connectivity index (χ1) is 10.1. The molecule has 0 heterocycles. The highest BCUT2D eigenvalue weighted by Gasteiger charge is 2.10. The van der Waals surface area contributed by atoms with Gasteiger partial charge in [0.1, 0.15) is 12.4 Å². The van der Waals surface area contributed by atoms with E-state index >= 15 is 0 Å². The third-order valence-electron chi connectivity index (χ3n) is 2.65. The lowest BCUT2D eigenvalue weighted by atomic mass is 10.2. The monoisotopic (exact) mass is 355 g/mol. The second kappa shape index (κ2) is 7.17. The molecule has 0 aliphatic rings. The summed E-state index contributed by atoms with van der Waals surface area (Å²) in [5, 5.41) is 2.57. The van der Waals surface area contributed by atoms with Gasteiger partial charge in [-0.05, 0) is 46.3 Å². The highest BCUT2D eigenvalue weighted by Crippen LogP contribution is 2.18. The molecule has 110 valence electrons. The SMILES string of the molecule is O=C(NCCOc1ccccc1F)c1cc(F)ccc1Br. The number of halogens is 3. The van der Waals surface area contributed by atoms with Gasteiger partial charge in [-0.1, -0.05) is 12.1 Å². The van der Waals surface area contributed by atoms with Crippen LogP contribution in [0.5, 0.6) is 5.75 Å². The van der Waals surface area contributed by atoms with Crippen LogP contribution in [0.15, 0.2) is 46.9 Å². The van der Waals surface area contributed by atoms with Gasteiger partial charge in [0.05, 0.1) is 12.1 Å². The molecule has 2 aromatic carbocycles. The predicted molar refractivity (Wildman–Crippen MR) is 78.3 cm³/mol. The van der Waals surface area contributed by atoms with Crippen LogP contribution in [-0.2, 0) is 0 Å². The molecule has 1 amide bonds. The van der Waals surface area contributed by atoms with Crippen molar-refractivity contribution in [3.8, 4) is 5.75 Å². The van der Waals surface area contributed by atoms with Crippen LogP contribution in [0.3, 0.4) is 0 Å². The van der Waals surface area contributed by atoms with Crippen molar-refractivity contribution in [3.63, 3.8) is 0 Å². The Morgan fingerprint density at radius 3 is 2.71 bits per heavy atom. The number of amides is 1. The average molecular weight is 356 g/mol. The Labute approximate surface area is 129 Å². The Bertz CT molecular complexity index is 649. The largest absolute Gasteiger partial charge is 0.489 e. The maximum absolute atomic E-state index is 13.3. The number of carbonyl (C=O) groups is 1. The second-order valence-corrected chi connectivity index (χ2v) is 5.01. The Morgan fingerprint density at radius 1 is 1.19 bits per heavy atom. The zero-order valence-electron chi connectivity index (χ0n) is 10.9. The van der Waals surface area contributed by atoms with Crippen LogP contribution in [0.1, 0.15) is 10.4 Å². The lowest BCUT2D eigenvalue weighted by Crippen LogP contribution is -2.28. The number of carbonyl (C=O) groups excluding carboxylic acids is 1. The minimum atomic E-state index is -0.494. The molecule has 0 saturated carbocycles. The number of ether oxygens (including phenoxy) is 1. The molecule has 0 spiro atoms. The summed E-state index contributed by atoms with van der Waals surface area (Å²) in [4.78, 5) is 11.9. The van der Waals surface area contributed by atoms with Crippen LogP contribution in [0.2, 0.25) is 0 Å². The summed E-state index contributed by atoms with van der Waals surface area (Å²) in [6.07, 6.45) is 0. The maximum atomic E-state index is 13.3. The van der Waals surface area contributed by atoms with Gasteiger partial charge in [0.25, 0.3) is 5.91 Å². The lowest BCUT2D eigenvalue weighted by molar-refractivity contribution is 0.0945. The van der Waals surface area contributed by atoms with E-state index in [0.717, 1.165) is 6.07 Å².